The lowest BCUT2D eigenvalue weighted by molar-refractivity contribution is -0.131. The number of piperazine rings is 1. The van der Waals surface area contributed by atoms with Crippen molar-refractivity contribution in [1.82, 2.24) is 29.6 Å². The van der Waals surface area contributed by atoms with Gasteiger partial charge in [0, 0.05) is 57.6 Å². The molecule has 0 aliphatic carbocycles. The van der Waals surface area contributed by atoms with Crippen LogP contribution in [0.5, 0.6) is 0 Å². The first-order valence-corrected chi connectivity index (χ1v) is 8.84. The van der Waals surface area contributed by atoms with E-state index in [0.717, 1.165) is 5.56 Å². The third-order valence-corrected chi connectivity index (χ3v) is 4.95. The van der Waals surface area contributed by atoms with Gasteiger partial charge in [-0.2, -0.15) is 0 Å². The molecule has 9 nitrogen and oxygen atoms in total. The summed E-state index contributed by atoms with van der Waals surface area (Å²) in [5.41, 5.74) is 1.92. The number of aromatic amines is 1. The Hall–Kier alpha value is -3.23. The molecule has 1 saturated heterocycles. The topological polar surface area (TPSA) is 100 Å². The van der Waals surface area contributed by atoms with Gasteiger partial charge < -0.3 is 9.80 Å². The van der Waals surface area contributed by atoms with Crippen molar-refractivity contribution in [1.29, 1.82) is 0 Å². The third kappa shape index (κ3) is 3.05. The van der Waals surface area contributed by atoms with Gasteiger partial charge in [0.2, 0.25) is 11.9 Å². The number of hydrogen-bond donors (Lipinski definition) is 1. The van der Waals surface area contributed by atoms with Crippen LogP contribution >= 0.6 is 0 Å². The number of hydrogen-bond acceptors (Lipinski definition) is 6. The Bertz CT molecular complexity index is 1050. The molecule has 0 radical (unpaired) electrons. The fourth-order valence-electron chi connectivity index (χ4n) is 3.49. The molecule has 9 heteroatoms. The van der Waals surface area contributed by atoms with Crippen molar-refractivity contribution in [3.63, 3.8) is 0 Å². The average molecular weight is 367 g/mol. The summed E-state index contributed by atoms with van der Waals surface area (Å²) in [5, 5.41) is 3.48. The van der Waals surface area contributed by atoms with Gasteiger partial charge in [-0.15, -0.1) is 0 Å². The first-order chi connectivity index (χ1) is 12.9. The maximum absolute atomic E-state index is 11.9. The standard InChI is InChI=1S/C18H21N7O2/c1-11-10-24(6-7-25(11)12(2)26)18-19-8-13(9-20-18)15-5-4-14-16(21-15)22-23(3)17(14)27/h4-5,8-9,11H,6-7,10H2,1-3H3,(H,21,22)/t11-/m1/s1. The predicted octanol–water partition coefficient (Wildman–Crippen LogP) is 0.776. The second kappa shape index (κ2) is 6.49. The Kier molecular flexibility index (Phi) is 4.14. The highest BCUT2D eigenvalue weighted by Gasteiger charge is 2.26. The van der Waals surface area contributed by atoms with Crippen LogP contribution in [0.4, 0.5) is 5.95 Å². The van der Waals surface area contributed by atoms with Gasteiger partial charge in [-0.25, -0.2) is 15.0 Å². The number of fused-ring (bicyclic) bond motifs is 1. The van der Waals surface area contributed by atoms with E-state index in [2.05, 4.69) is 25.0 Å². The van der Waals surface area contributed by atoms with Gasteiger partial charge in [-0.05, 0) is 19.1 Å². The molecule has 1 aliphatic rings. The van der Waals surface area contributed by atoms with E-state index in [-0.39, 0.29) is 17.5 Å². The van der Waals surface area contributed by atoms with Crippen molar-refractivity contribution >= 4 is 22.9 Å². The zero-order valence-electron chi connectivity index (χ0n) is 15.5. The number of aryl methyl sites for hydroxylation is 1. The Morgan fingerprint density at radius 3 is 2.63 bits per heavy atom. The van der Waals surface area contributed by atoms with E-state index in [4.69, 9.17) is 0 Å². The quantitative estimate of drug-likeness (QED) is 0.718. The van der Waals surface area contributed by atoms with Gasteiger partial charge in [-0.3, -0.25) is 19.4 Å². The van der Waals surface area contributed by atoms with E-state index >= 15 is 0 Å². The fourth-order valence-corrected chi connectivity index (χ4v) is 3.49. The highest BCUT2D eigenvalue weighted by molar-refractivity contribution is 5.77. The number of anilines is 1. The number of aromatic nitrogens is 5. The number of nitrogens with zero attached hydrogens (tertiary/aromatic N) is 6. The van der Waals surface area contributed by atoms with Crippen molar-refractivity contribution in [3.05, 3.63) is 34.9 Å². The van der Waals surface area contributed by atoms with Gasteiger partial charge in [0.1, 0.15) is 0 Å². The van der Waals surface area contributed by atoms with Crippen molar-refractivity contribution in [2.45, 2.75) is 19.9 Å². The van der Waals surface area contributed by atoms with E-state index in [1.807, 2.05) is 11.8 Å². The minimum atomic E-state index is -0.102. The molecule has 0 bridgehead atoms. The molecule has 1 N–H and O–H groups in total. The summed E-state index contributed by atoms with van der Waals surface area (Å²) in [6, 6.07) is 3.68. The van der Waals surface area contributed by atoms with Crippen LogP contribution in [0.2, 0.25) is 0 Å². The monoisotopic (exact) mass is 367 g/mol. The molecule has 27 heavy (non-hydrogen) atoms. The Morgan fingerprint density at radius 1 is 1.22 bits per heavy atom. The van der Waals surface area contributed by atoms with Gasteiger partial charge in [0.15, 0.2) is 5.65 Å². The number of rotatable bonds is 2. The minimum Gasteiger partial charge on any atom is -0.337 e. The number of amides is 1. The first-order valence-electron chi connectivity index (χ1n) is 8.84. The van der Waals surface area contributed by atoms with Crippen LogP contribution in [0.1, 0.15) is 13.8 Å². The maximum atomic E-state index is 11.9. The van der Waals surface area contributed by atoms with Gasteiger partial charge >= 0.3 is 0 Å². The molecule has 140 valence electrons. The van der Waals surface area contributed by atoms with Crippen molar-refractivity contribution in [3.8, 4) is 11.3 Å². The first kappa shape index (κ1) is 17.2. The molecule has 1 aliphatic heterocycles. The summed E-state index contributed by atoms with van der Waals surface area (Å²) in [6.07, 6.45) is 3.47. The van der Waals surface area contributed by atoms with Crippen molar-refractivity contribution < 1.29 is 4.79 Å². The van der Waals surface area contributed by atoms with Crippen LogP contribution < -0.4 is 10.5 Å². The lowest BCUT2D eigenvalue weighted by Gasteiger charge is -2.39. The number of nitrogens with one attached hydrogen (secondary N) is 1. The maximum Gasteiger partial charge on any atom is 0.275 e. The molecule has 0 saturated carbocycles. The fraction of sp³-hybridized carbons (Fsp3) is 0.389. The zero-order valence-corrected chi connectivity index (χ0v) is 15.5. The molecular weight excluding hydrogens is 346 g/mol. The molecule has 1 atom stereocenters. The van der Waals surface area contributed by atoms with Gasteiger partial charge in [-0.1, -0.05) is 0 Å². The molecule has 1 fully saturated rings. The number of H-pyrrole nitrogens is 1. The van der Waals surface area contributed by atoms with Crippen LogP contribution in [0, 0.1) is 0 Å². The highest BCUT2D eigenvalue weighted by Crippen LogP contribution is 2.20. The molecule has 0 spiro atoms. The Morgan fingerprint density at radius 2 is 1.96 bits per heavy atom. The zero-order chi connectivity index (χ0) is 19.1. The second-order valence-corrected chi connectivity index (χ2v) is 6.85. The number of carbonyl (C=O) groups excluding carboxylic acids is 1. The molecule has 0 aromatic carbocycles. The van der Waals surface area contributed by atoms with Crippen LogP contribution in [-0.4, -0.2) is 61.2 Å². The normalized spacial score (nSPS) is 17.5. The van der Waals surface area contributed by atoms with Crippen molar-refractivity contribution in [2.24, 2.45) is 7.05 Å². The molecule has 4 rings (SSSR count). The van der Waals surface area contributed by atoms with Crippen LogP contribution in [0.15, 0.2) is 29.3 Å². The van der Waals surface area contributed by atoms with Gasteiger partial charge in [0.25, 0.3) is 5.56 Å². The van der Waals surface area contributed by atoms with Crippen LogP contribution in [-0.2, 0) is 11.8 Å². The largest absolute Gasteiger partial charge is 0.337 e. The van der Waals surface area contributed by atoms with Crippen molar-refractivity contribution in [2.75, 3.05) is 24.5 Å². The summed E-state index contributed by atoms with van der Waals surface area (Å²) in [5.74, 6) is 0.738. The Balaban J connectivity index is 1.56. The molecule has 3 aromatic heterocycles. The molecule has 1 amide bonds. The second-order valence-electron chi connectivity index (χ2n) is 6.85. The summed E-state index contributed by atoms with van der Waals surface area (Å²) >= 11 is 0. The molecule has 4 heterocycles. The molecule has 0 unspecified atom stereocenters. The SMILES string of the molecule is CC(=O)N1CCN(c2ncc(-c3ccc4c(=O)n(C)[nH]c4n3)cn2)C[C@H]1C. The van der Waals surface area contributed by atoms with E-state index in [1.54, 1.807) is 38.5 Å². The summed E-state index contributed by atoms with van der Waals surface area (Å²) in [4.78, 5) is 40.9. The smallest absolute Gasteiger partial charge is 0.275 e. The van der Waals surface area contributed by atoms with E-state index < -0.39 is 0 Å². The number of carbonyl (C=O) groups is 1. The summed E-state index contributed by atoms with van der Waals surface area (Å²) in [7, 11) is 1.66. The van der Waals surface area contributed by atoms with Crippen LogP contribution in [0.25, 0.3) is 22.3 Å². The predicted molar refractivity (Wildman–Crippen MR) is 101 cm³/mol. The average Bonchev–Trinajstić information content (AvgIpc) is 2.95. The summed E-state index contributed by atoms with van der Waals surface area (Å²) in [6.45, 7) is 5.71. The number of pyridine rings is 1. The molecule has 3 aromatic rings. The minimum absolute atomic E-state index is 0.0961. The lowest BCUT2D eigenvalue weighted by Crippen LogP contribution is -2.53. The van der Waals surface area contributed by atoms with E-state index in [1.165, 1.54) is 4.68 Å². The van der Waals surface area contributed by atoms with E-state index in [9.17, 15) is 9.59 Å². The van der Waals surface area contributed by atoms with E-state index in [0.29, 0.717) is 42.3 Å². The van der Waals surface area contributed by atoms with Crippen LogP contribution in [0.3, 0.4) is 0 Å². The third-order valence-electron chi connectivity index (χ3n) is 4.95. The lowest BCUT2D eigenvalue weighted by atomic mass is 10.2. The van der Waals surface area contributed by atoms with Gasteiger partial charge in [0.05, 0.1) is 11.1 Å². The summed E-state index contributed by atoms with van der Waals surface area (Å²) < 4.78 is 1.41. The highest BCUT2D eigenvalue weighted by atomic mass is 16.2. The Labute approximate surface area is 155 Å². The molecular formula is C18H21N7O2.